The zero-order valence-electron chi connectivity index (χ0n) is 16.2. The normalized spacial score (nSPS) is 14.9. The number of carbonyl (C=O) groups is 2. The van der Waals surface area contributed by atoms with Crippen LogP contribution >= 0.6 is 11.3 Å². The van der Waals surface area contributed by atoms with Gasteiger partial charge in [-0.2, -0.15) is 0 Å². The number of urea groups is 1. The maximum atomic E-state index is 12.5. The molecule has 9 heteroatoms. The molecule has 0 radical (unpaired) electrons. The smallest absolute Gasteiger partial charge is 0.317 e. The van der Waals surface area contributed by atoms with Crippen LogP contribution in [0.2, 0.25) is 0 Å². The summed E-state index contributed by atoms with van der Waals surface area (Å²) in [6.45, 7) is 2.47. The monoisotopic (exact) mass is 402 g/mol. The first-order valence-electron chi connectivity index (χ1n) is 9.34. The molecular weight excluding hydrogens is 376 g/mol. The summed E-state index contributed by atoms with van der Waals surface area (Å²) >= 11 is 1.30. The number of amides is 3. The minimum absolute atomic E-state index is 0.0468. The summed E-state index contributed by atoms with van der Waals surface area (Å²) in [6.07, 6.45) is 1.30. The van der Waals surface area contributed by atoms with Crippen molar-refractivity contribution in [1.29, 1.82) is 0 Å². The Morgan fingerprint density at radius 3 is 2.57 bits per heavy atom. The van der Waals surface area contributed by atoms with Crippen molar-refractivity contribution >= 4 is 28.4 Å². The summed E-state index contributed by atoms with van der Waals surface area (Å²) in [6, 6.07) is 8.06. The van der Waals surface area contributed by atoms with Crippen LogP contribution in [0.1, 0.15) is 24.0 Å². The molecule has 1 aromatic carbocycles. The van der Waals surface area contributed by atoms with Crippen molar-refractivity contribution in [2.24, 2.45) is 5.92 Å². The SMILES string of the molecule is CN(C)Cc1ccccc1CNC(=O)N1CCC(C(=O)Nc2nncs2)CC1. The molecule has 2 aromatic rings. The van der Waals surface area contributed by atoms with Crippen molar-refractivity contribution in [3.8, 4) is 0 Å². The topological polar surface area (TPSA) is 90.5 Å². The van der Waals surface area contributed by atoms with Gasteiger partial charge in [0.1, 0.15) is 5.51 Å². The lowest BCUT2D eigenvalue weighted by molar-refractivity contribution is -0.121. The van der Waals surface area contributed by atoms with Gasteiger partial charge in [0, 0.05) is 32.1 Å². The molecule has 150 valence electrons. The largest absolute Gasteiger partial charge is 0.334 e. The second kappa shape index (κ2) is 9.61. The predicted molar refractivity (Wildman–Crippen MR) is 109 cm³/mol. The summed E-state index contributed by atoms with van der Waals surface area (Å²) in [5, 5.41) is 13.9. The van der Waals surface area contributed by atoms with Gasteiger partial charge in [-0.25, -0.2) is 4.79 Å². The fourth-order valence-electron chi connectivity index (χ4n) is 3.29. The number of carbonyl (C=O) groups excluding carboxylic acids is 2. The molecule has 0 atom stereocenters. The number of anilines is 1. The molecule has 0 unspecified atom stereocenters. The average molecular weight is 403 g/mol. The van der Waals surface area contributed by atoms with Gasteiger partial charge in [-0.15, -0.1) is 10.2 Å². The number of aromatic nitrogens is 2. The molecule has 0 spiro atoms. The predicted octanol–water partition coefficient (Wildman–Crippen LogP) is 2.16. The lowest BCUT2D eigenvalue weighted by Gasteiger charge is -2.31. The van der Waals surface area contributed by atoms with Gasteiger partial charge in [0.25, 0.3) is 0 Å². The van der Waals surface area contributed by atoms with E-state index in [0.717, 1.165) is 12.1 Å². The fraction of sp³-hybridized carbons (Fsp3) is 0.474. The fourth-order valence-corrected chi connectivity index (χ4v) is 3.74. The lowest BCUT2D eigenvalue weighted by Crippen LogP contribution is -2.46. The molecule has 3 amide bonds. The number of hydrogen-bond donors (Lipinski definition) is 2. The van der Waals surface area contributed by atoms with Crippen LogP contribution < -0.4 is 10.6 Å². The maximum absolute atomic E-state index is 12.5. The first kappa shape index (κ1) is 20.2. The van der Waals surface area contributed by atoms with E-state index in [4.69, 9.17) is 0 Å². The van der Waals surface area contributed by atoms with Crippen molar-refractivity contribution in [3.63, 3.8) is 0 Å². The number of hydrogen-bond acceptors (Lipinski definition) is 6. The van der Waals surface area contributed by atoms with Crippen LogP contribution in [0.3, 0.4) is 0 Å². The Labute approximate surface area is 168 Å². The van der Waals surface area contributed by atoms with Crippen molar-refractivity contribution in [2.75, 3.05) is 32.5 Å². The molecular formula is C19H26N6O2S. The summed E-state index contributed by atoms with van der Waals surface area (Å²) in [4.78, 5) is 28.7. The highest BCUT2D eigenvalue weighted by Crippen LogP contribution is 2.20. The lowest BCUT2D eigenvalue weighted by atomic mass is 9.96. The molecule has 1 saturated heterocycles. The van der Waals surface area contributed by atoms with Crippen molar-refractivity contribution in [2.45, 2.75) is 25.9 Å². The molecule has 28 heavy (non-hydrogen) atoms. The third-order valence-electron chi connectivity index (χ3n) is 4.78. The quantitative estimate of drug-likeness (QED) is 0.773. The van der Waals surface area contributed by atoms with E-state index >= 15 is 0 Å². The summed E-state index contributed by atoms with van der Waals surface area (Å²) in [5.41, 5.74) is 3.91. The van der Waals surface area contributed by atoms with Gasteiger partial charge < -0.3 is 20.4 Å². The Hall–Kier alpha value is -2.52. The van der Waals surface area contributed by atoms with E-state index in [0.29, 0.717) is 37.6 Å². The van der Waals surface area contributed by atoms with E-state index in [-0.39, 0.29) is 17.9 Å². The van der Waals surface area contributed by atoms with Crippen LogP contribution in [-0.2, 0) is 17.9 Å². The first-order chi connectivity index (χ1) is 13.5. The van der Waals surface area contributed by atoms with Crippen LogP contribution in [-0.4, -0.2) is 59.1 Å². The molecule has 3 rings (SSSR count). The number of rotatable bonds is 6. The third kappa shape index (κ3) is 5.49. The Balaban J connectivity index is 1.46. The summed E-state index contributed by atoms with van der Waals surface area (Å²) in [7, 11) is 4.06. The molecule has 1 fully saturated rings. The number of nitrogens with zero attached hydrogens (tertiary/aromatic N) is 4. The van der Waals surface area contributed by atoms with Crippen LogP contribution in [0.25, 0.3) is 0 Å². The van der Waals surface area contributed by atoms with Gasteiger partial charge in [0.2, 0.25) is 11.0 Å². The van der Waals surface area contributed by atoms with Crippen molar-refractivity contribution in [1.82, 2.24) is 25.3 Å². The second-order valence-corrected chi connectivity index (χ2v) is 7.99. The highest BCUT2D eigenvalue weighted by molar-refractivity contribution is 7.13. The van der Waals surface area contributed by atoms with Gasteiger partial charge in [-0.1, -0.05) is 35.6 Å². The summed E-state index contributed by atoms with van der Waals surface area (Å²) < 4.78 is 0. The zero-order chi connectivity index (χ0) is 19.9. The van der Waals surface area contributed by atoms with E-state index in [1.165, 1.54) is 16.9 Å². The molecule has 2 heterocycles. The Morgan fingerprint density at radius 1 is 1.21 bits per heavy atom. The van der Waals surface area contributed by atoms with Crippen LogP contribution in [0.15, 0.2) is 29.8 Å². The number of likely N-dealkylation sites (tertiary alicyclic amines) is 1. The van der Waals surface area contributed by atoms with Crippen LogP contribution in [0.5, 0.6) is 0 Å². The van der Waals surface area contributed by atoms with Gasteiger partial charge in [0.05, 0.1) is 0 Å². The maximum Gasteiger partial charge on any atom is 0.317 e. The Kier molecular flexibility index (Phi) is 6.94. The molecule has 1 aliphatic heterocycles. The standard InChI is InChI=1S/C19H26N6O2S/c1-24(2)12-16-6-4-3-5-15(16)11-20-19(27)25-9-7-14(8-10-25)17(26)22-18-23-21-13-28-18/h3-6,13-14H,7-12H2,1-2H3,(H,20,27)(H,22,23,26). The Bertz CT molecular complexity index is 787. The van der Waals surface area contributed by atoms with E-state index in [1.807, 2.05) is 32.3 Å². The molecule has 8 nitrogen and oxygen atoms in total. The van der Waals surface area contributed by atoms with E-state index in [9.17, 15) is 9.59 Å². The van der Waals surface area contributed by atoms with E-state index < -0.39 is 0 Å². The van der Waals surface area contributed by atoms with Gasteiger partial charge in [0.15, 0.2) is 0 Å². The number of benzene rings is 1. The minimum atomic E-state index is -0.103. The van der Waals surface area contributed by atoms with E-state index in [1.54, 1.807) is 10.4 Å². The number of nitrogens with one attached hydrogen (secondary N) is 2. The number of piperidine rings is 1. The molecule has 1 aromatic heterocycles. The molecule has 0 aliphatic carbocycles. The van der Waals surface area contributed by atoms with Gasteiger partial charge in [-0.05, 0) is 38.1 Å². The van der Waals surface area contributed by atoms with E-state index in [2.05, 4.69) is 31.8 Å². The van der Waals surface area contributed by atoms with Gasteiger partial charge in [-0.3, -0.25) is 4.79 Å². The van der Waals surface area contributed by atoms with Gasteiger partial charge >= 0.3 is 6.03 Å². The molecule has 0 saturated carbocycles. The highest BCUT2D eigenvalue weighted by atomic mass is 32.1. The molecule has 1 aliphatic rings. The van der Waals surface area contributed by atoms with Crippen molar-refractivity contribution < 1.29 is 9.59 Å². The second-order valence-electron chi connectivity index (χ2n) is 7.16. The highest BCUT2D eigenvalue weighted by Gasteiger charge is 2.27. The van der Waals surface area contributed by atoms with Crippen LogP contribution in [0, 0.1) is 5.92 Å². The summed E-state index contributed by atoms with van der Waals surface area (Å²) in [5.74, 6) is -0.150. The third-order valence-corrected chi connectivity index (χ3v) is 5.38. The first-order valence-corrected chi connectivity index (χ1v) is 10.2. The Morgan fingerprint density at radius 2 is 1.93 bits per heavy atom. The van der Waals surface area contributed by atoms with Crippen molar-refractivity contribution in [3.05, 3.63) is 40.9 Å². The molecule has 0 bridgehead atoms. The minimum Gasteiger partial charge on any atom is -0.334 e. The molecule has 2 N–H and O–H groups in total. The average Bonchev–Trinajstić information content (AvgIpc) is 3.20. The van der Waals surface area contributed by atoms with Crippen LogP contribution in [0.4, 0.5) is 9.93 Å². The zero-order valence-corrected chi connectivity index (χ0v) is 17.0.